The molecule has 3 N–H and O–H groups in total. The van der Waals surface area contributed by atoms with E-state index in [1.165, 1.54) is 19.2 Å². The molecule has 1 aromatic carbocycles. The zero-order chi connectivity index (χ0) is 15.3. The van der Waals surface area contributed by atoms with Crippen LogP contribution in [0.4, 0.5) is 18.0 Å². The number of hydrogen-bond acceptors (Lipinski definition) is 3. The SMILES string of the molecule is CO[C@@H](c1ccc(C(F)(F)F)cc1)[C@@H](CO)NC(=O)O. The Morgan fingerprint density at radius 2 is 1.90 bits per heavy atom. The van der Waals surface area contributed by atoms with Gasteiger partial charge in [-0.1, -0.05) is 12.1 Å². The highest BCUT2D eigenvalue weighted by atomic mass is 19.4. The van der Waals surface area contributed by atoms with Gasteiger partial charge in [0.25, 0.3) is 0 Å². The Hall–Kier alpha value is -1.80. The predicted molar refractivity (Wildman–Crippen MR) is 63.2 cm³/mol. The number of nitrogens with one attached hydrogen (secondary N) is 1. The Bertz CT molecular complexity index is 447. The third-order valence-corrected chi connectivity index (χ3v) is 2.69. The highest BCUT2D eigenvalue weighted by Gasteiger charge is 2.31. The number of aliphatic hydroxyl groups excluding tert-OH is 1. The average molecular weight is 293 g/mol. The molecule has 0 aliphatic rings. The van der Waals surface area contributed by atoms with Crippen molar-refractivity contribution in [2.45, 2.75) is 18.3 Å². The number of benzene rings is 1. The molecule has 0 radical (unpaired) electrons. The Labute approximate surface area is 113 Å². The van der Waals surface area contributed by atoms with Crippen LogP contribution in [0.15, 0.2) is 24.3 Å². The second-order valence-electron chi connectivity index (χ2n) is 4.01. The van der Waals surface area contributed by atoms with Gasteiger partial charge < -0.3 is 20.3 Å². The van der Waals surface area contributed by atoms with Gasteiger partial charge in [0.1, 0.15) is 6.10 Å². The van der Waals surface area contributed by atoms with E-state index in [4.69, 9.17) is 14.9 Å². The molecule has 0 spiro atoms. The zero-order valence-corrected chi connectivity index (χ0v) is 10.5. The number of rotatable bonds is 5. The molecule has 8 heteroatoms. The maximum absolute atomic E-state index is 12.4. The molecule has 112 valence electrons. The molecule has 0 aromatic heterocycles. The van der Waals surface area contributed by atoms with Crippen molar-refractivity contribution in [2.24, 2.45) is 0 Å². The molecule has 0 bridgehead atoms. The number of aliphatic hydroxyl groups is 1. The van der Waals surface area contributed by atoms with Crippen LogP contribution in [-0.2, 0) is 10.9 Å². The summed E-state index contributed by atoms with van der Waals surface area (Å²) in [5, 5.41) is 19.8. The first-order valence-electron chi connectivity index (χ1n) is 5.60. The molecule has 1 rings (SSSR count). The van der Waals surface area contributed by atoms with E-state index in [-0.39, 0.29) is 0 Å². The Balaban J connectivity index is 2.97. The summed E-state index contributed by atoms with van der Waals surface area (Å²) in [7, 11) is 1.27. The van der Waals surface area contributed by atoms with E-state index in [0.29, 0.717) is 5.56 Å². The van der Waals surface area contributed by atoms with Gasteiger partial charge in [0, 0.05) is 7.11 Å². The van der Waals surface area contributed by atoms with Crippen LogP contribution >= 0.6 is 0 Å². The fourth-order valence-corrected chi connectivity index (χ4v) is 1.77. The van der Waals surface area contributed by atoms with Crippen molar-refractivity contribution >= 4 is 6.09 Å². The number of amides is 1. The van der Waals surface area contributed by atoms with Crippen LogP contribution in [0.1, 0.15) is 17.2 Å². The summed E-state index contributed by atoms with van der Waals surface area (Å²) >= 11 is 0. The fraction of sp³-hybridized carbons (Fsp3) is 0.417. The van der Waals surface area contributed by atoms with E-state index in [1.807, 2.05) is 5.32 Å². The summed E-state index contributed by atoms with van der Waals surface area (Å²) in [5.74, 6) is 0. The molecule has 0 unspecified atom stereocenters. The summed E-state index contributed by atoms with van der Waals surface area (Å²) < 4.78 is 42.4. The quantitative estimate of drug-likeness (QED) is 0.776. The predicted octanol–water partition coefficient (Wildman–Crippen LogP) is 2.02. The van der Waals surface area contributed by atoms with Crippen LogP contribution in [0.3, 0.4) is 0 Å². The lowest BCUT2D eigenvalue weighted by Crippen LogP contribution is -2.41. The van der Waals surface area contributed by atoms with Gasteiger partial charge in [-0.3, -0.25) is 0 Å². The molecular weight excluding hydrogens is 279 g/mol. The largest absolute Gasteiger partial charge is 0.465 e. The Morgan fingerprint density at radius 1 is 1.35 bits per heavy atom. The second-order valence-corrected chi connectivity index (χ2v) is 4.01. The monoisotopic (exact) mass is 293 g/mol. The number of carboxylic acid groups (broad SMARTS) is 1. The van der Waals surface area contributed by atoms with E-state index in [9.17, 15) is 18.0 Å². The van der Waals surface area contributed by atoms with Crippen molar-refractivity contribution in [1.29, 1.82) is 0 Å². The summed E-state index contributed by atoms with van der Waals surface area (Å²) in [4.78, 5) is 10.6. The van der Waals surface area contributed by atoms with E-state index in [0.717, 1.165) is 12.1 Å². The Kier molecular flexibility index (Phi) is 5.34. The number of carbonyl (C=O) groups is 1. The number of halogens is 3. The number of ether oxygens (including phenoxy) is 1. The van der Waals surface area contributed by atoms with Crippen molar-refractivity contribution in [3.63, 3.8) is 0 Å². The summed E-state index contributed by atoms with van der Waals surface area (Å²) in [6.45, 7) is -0.550. The van der Waals surface area contributed by atoms with Gasteiger partial charge in [-0.2, -0.15) is 13.2 Å². The normalized spacial score (nSPS) is 14.7. The number of alkyl halides is 3. The van der Waals surface area contributed by atoms with Gasteiger partial charge in [-0.15, -0.1) is 0 Å². The molecule has 0 fully saturated rings. The van der Waals surface area contributed by atoms with Crippen molar-refractivity contribution in [3.8, 4) is 0 Å². The fourth-order valence-electron chi connectivity index (χ4n) is 1.77. The van der Waals surface area contributed by atoms with Crippen LogP contribution in [0.2, 0.25) is 0 Å². The van der Waals surface area contributed by atoms with Crippen LogP contribution < -0.4 is 5.32 Å². The van der Waals surface area contributed by atoms with Crippen molar-refractivity contribution < 1.29 is 32.9 Å². The third-order valence-electron chi connectivity index (χ3n) is 2.69. The first-order chi connectivity index (χ1) is 9.29. The highest BCUT2D eigenvalue weighted by molar-refractivity contribution is 5.65. The minimum absolute atomic E-state index is 0.327. The molecular formula is C12H14F3NO4. The first-order valence-corrected chi connectivity index (χ1v) is 5.60. The molecule has 0 aliphatic heterocycles. The van der Waals surface area contributed by atoms with Gasteiger partial charge in [0.2, 0.25) is 0 Å². The highest BCUT2D eigenvalue weighted by Crippen LogP contribution is 2.30. The lowest BCUT2D eigenvalue weighted by atomic mass is 10.0. The average Bonchev–Trinajstić information content (AvgIpc) is 2.37. The number of methoxy groups -OCH3 is 1. The maximum atomic E-state index is 12.4. The number of hydrogen-bond donors (Lipinski definition) is 3. The lowest BCUT2D eigenvalue weighted by Gasteiger charge is -2.24. The van der Waals surface area contributed by atoms with Crippen LogP contribution in [0, 0.1) is 0 Å². The third kappa shape index (κ3) is 4.10. The standard InChI is InChI=1S/C12H14F3NO4/c1-20-10(9(6-17)16-11(18)19)7-2-4-8(5-3-7)12(13,14)15/h2-5,9-10,16-17H,6H2,1H3,(H,18,19)/t9-,10+/m1/s1. The van der Waals surface area contributed by atoms with Crippen LogP contribution in [0.25, 0.3) is 0 Å². The van der Waals surface area contributed by atoms with Gasteiger partial charge >= 0.3 is 12.3 Å². The van der Waals surface area contributed by atoms with E-state index in [1.54, 1.807) is 0 Å². The minimum Gasteiger partial charge on any atom is -0.465 e. The van der Waals surface area contributed by atoms with Crippen molar-refractivity contribution in [3.05, 3.63) is 35.4 Å². The first kappa shape index (κ1) is 16.3. The van der Waals surface area contributed by atoms with Gasteiger partial charge in [0.15, 0.2) is 0 Å². The zero-order valence-electron chi connectivity index (χ0n) is 10.5. The molecule has 0 saturated carbocycles. The summed E-state index contributed by atoms with van der Waals surface area (Å²) in [6, 6.07) is 3.13. The molecule has 1 amide bonds. The van der Waals surface area contributed by atoms with Gasteiger partial charge in [-0.05, 0) is 17.7 Å². The summed E-state index contributed by atoms with van der Waals surface area (Å²) in [6.07, 6.45) is -6.70. The maximum Gasteiger partial charge on any atom is 0.416 e. The minimum atomic E-state index is -4.45. The molecule has 0 aliphatic carbocycles. The second kappa shape index (κ2) is 6.58. The molecule has 0 heterocycles. The van der Waals surface area contributed by atoms with Gasteiger partial charge in [0.05, 0.1) is 18.2 Å². The van der Waals surface area contributed by atoms with Crippen molar-refractivity contribution in [2.75, 3.05) is 13.7 Å². The van der Waals surface area contributed by atoms with Crippen LogP contribution in [0.5, 0.6) is 0 Å². The molecule has 1 aromatic rings. The molecule has 20 heavy (non-hydrogen) atoms. The van der Waals surface area contributed by atoms with Crippen molar-refractivity contribution in [1.82, 2.24) is 5.32 Å². The van der Waals surface area contributed by atoms with Crippen LogP contribution in [-0.4, -0.2) is 36.1 Å². The van der Waals surface area contributed by atoms with Gasteiger partial charge in [-0.25, -0.2) is 4.79 Å². The lowest BCUT2D eigenvalue weighted by molar-refractivity contribution is -0.137. The van der Waals surface area contributed by atoms with E-state index < -0.39 is 36.6 Å². The topological polar surface area (TPSA) is 78.8 Å². The Morgan fingerprint density at radius 3 is 2.25 bits per heavy atom. The summed E-state index contributed by atoms with van der Waals surface area (Å²) in [5.41, 5.74) is -0.490. The van der Waals surface area contributed by atoms with E-state index in [2.05, 4.69) is 0 Å². The molecule has 0 saturated heterocycles. The van der Waals surface area contributed by atoms with E-state index >= 15 is 0 Å². The molecule has 2 atom stereocenters. The smallest absolute Gasteiger partial charge is 0.416 e. The molecule has 5 nitrogen and oxygen atoms in total.